The number of carboxylic acid groups (broad SMARTS) is 1. The van der Waals surface area contributed by atoms with Crippen molar-refractivity contribution in [1.29, 1.82) is 0 Å². The van der Waals surface area contributed by atoms with Crippen LogP contribution in [0.25, 0.3) is 10.9 Å². The molecule has 1 aliphatic rings. The molecular formula is C23H24N2O2. The predicted octanol–water partition coefficient (Wildman–Crippen LogP) is 4.43. The van der Waals surface area contributed by atoms with Gasteiger partial charge in [-0.05, 0) is 61.7 Å². The van der Waals surface area contributed by atoms with Crippen LogP contribution >= 0.6 is 0 Å². The molecule has 0 saturated carbocycles. The smallest absolute Gasteiger partial charge is 0.306 e. The van der Waals surface area contributed by atoms with Crippen molar-refractivity contribution < 1.29 is 9.90 Å². The van der Waals surface area contributed by atoms with Gasteiger partial charge in [0, 0.05) is 11.6 Å². The molecule has 1 aromatic heterocycles. The number of hydrogen-bond acceptors (Lipinski definition) is 3. The molecule has 0 bridgehead atoms. The lowest BCUT2D eigenvalue weighted by Crippen LogP contribution is -2.39. The van der Waals surface area contributed by atoms with Crippen molar-refractivity contribution in [2.45, 2.75) is 25.8 Å². The molecule has 4 heteroatoms. The highest BCUT2D eigenvalue weighted by Crippen LogP contribution is 2.36. The van der Waals surface area contributed by atoms with Gasteiger partial charge in [-0.25, -0.2) is 0 Å². The minimum absolute atomic E-state index is 0.105. The van der Waals surface area contributed by atoms with Crippen LogP contribution in [0.1, 0.15) is 35.6 Å². The average molecular weight is 360 g/mol. The first kappa shape index (κ1) is 17.7. The van der Waals surface area contributed by atoms with Crippen LogP contribution in [0.5, 0.6) is 0 Å². The average Bonchev–Trinajstić information content (AvgIpc) is 2.70. The van der Waals surface area contributed by atoms with Gasteiger partial charge in [0.05, 0.1) is 17.5 Å². The minimum atomic E-state index is -0.670. The van der Waals surface area contributed by atoms with Crippen LogP contribution < -0.4 is 0 Å². The first-order valence-electron chi connectivity index (χ1n) is 9.51. The summed E-state index contributed by atoms with van der Waals surface area (Å²) in [5.41, 5.74) is 4.77. The maximum Gasteiger partial charge on any atom is 0.306 e. The summed E-state index contributed by atoms with van der Waals surface area (Å²) in [4.78, 5) is 18.3. The number of benzene rings is 2. The van der Waals surface area contributed by atoms with Gasteiger partial charge in [-0.15, -0.1) is 0 Å². The van der Waals surface area contributed by atoms with Crippen molar-refractivity contribution in [1.82, 2.24) is 9.88 Å². The monoisotopic (exact) mass is 360 g/mol. The number of carboxylic acids is 1. The molecule has 27 heavy (non-hydrogen) atoms. The largest absolute Gasteiger partial charge is 0.481 e. The Kier molecular flexibility index (Phi) is 4.90. The number of pyridine rings is 1. The molecule has 0 aliphatic carbocycles. The Labute approximate surface area is 159 Å². The van der Waals surface area contributed by atoms with Gasteiger partial charge in [-0.1, -0.05) is 42.5 Å². The standard InChI is InChI=1S/C23H24N2O2/c1-16-6-2-3-7-18(16)22(25-14-11-17(12-15-25)23(26)27)20-10-13-24-21-9-5-4-8-19(20)21/h2-10,13,17,22H,11-12,14-15H2,1H3,(H,26,27). The molecule has 2 heterocycles. The zero-order chi connectivity index (χ0) is 18.8. The Morgan fingerprint density at radius 1 is 1.04 bits per heavy atom. The molecule has 1 N–H and O–H groups in total. The molecule has 3 aromatic rings. The lowest BCUT2D eigenvalue weighted by atomic mass is 9.88. The first-order valence-corrected chi connectivity index (χ1v) is 9.51. The zero-order valence-corrected chi connectivity index (χ0v) is 15.5. The van der Waals surface area contributed by atoms with E-state index in [1.807, 2.05) is 18.3 Å². The summed E-state index contributed by atoms with van der Waals surface area (Å²) in [7, 11) is 0. The van der Waals surface area contributed by atoms with Crippen LogP contribution in [0.2, 0.25) is 0 Å². The summed E-state index contributed by atoms with van der Waals surface area (Å²) in [6.45, 7) is 3.72. The zero-order valence-electron chi connectivity index (χ0n) is 15.5. The highest BCUT2D eigenvalue weighted by Gasteiger charge is 2.31. The number of fused-ring (bicyclic) bond motifs is 1. The summed E-state index contributed by atoms with van der Waals surface area (Å²) in [6.07, 6.45) is 3.27. The van der Waals surface area contributed by atoms with Crippen LogP contribution in [-0.2, 0) is 4.79 Å². The minimum Gasteiger partial charge on any atom is -0.481 e. The molecule has 1 aliphatic heterocycles. The molecule has 4 nitrogen and oxygen atoms in total. The number of aliphatic carboxylic acids is 1. The molecular weight excluding hydrogens is 336 g/mol. The summed E-state index contributed by atoms with van der Waals surface area (Å²) in [5.74, 6) is -0.899. The second-order valence-electron chi connectivity index (χ2n) is 7.32. The fourth-order valence-electron chi connectivity index (χ4n) is 4.22. The topological polar surface area (TPSA) is 53.4 Å². The Bertz CT molecular complexity index is 956. The van der Waals surface area contributed by atoms with Crippen LogP contribution in [-0.4, -0.2) is 34.0 Å². The molecule has 1 saturated heterocycles. The molecule has 0 spiro atoms. The number of aromatic nitrogens is 1. The van der Waals surface area contributed by atoms with Crippen LogP contribution in [0.3, 0.4) is 0 Å². The Morgan fingerprint density at radius 3 is 2.48 bits per heavy atom. The van der Waals surface area contributed by atoms with E-state index in [4.69, 9.17) is 0 Å². The third kappa shape index (κ3) is 3.45. The second-order valence-corrected chi connectivity index (χ2v) is 7.32. The Balaban J connectivity index is 1.80. The molecule has 0 amide bonds. The second kappa shape index (κ2) is 7.49. The summed E-state index contributed by atoms with van der Waals surface area (Å²) in [6, 6.07) is 19.0. The maximum absolute atomic E-state index is 11.4. The van der Waals surface area contributed by atoms with E-state index in [0.29, 0.717) is 12.8 Å². The van der Waals surface area contributed by atoms with Gasteiger partial charge in [0.1, 0.15) is 0 Å². The normalized spacial score (nSPS) is 17.1. The van der Waals surface area contributed by atoms with Gasteiger partial charge in [0.2, 0.25) is 0 Å². The van der Waals surface area contributed by atoms with Crippen molar-refractivity contribution in [3.8, 4) is 0 Å². The van der Waals surface area contributed by atoms with Crippen molar-refractivity contribution >= 4 is 16.9 Å². The lowest BCUT2D eigenvalue weighted by Gasteiger charge is -2.38. The number of nitrogens with zero attached hydrogens (tertiary/aromatic N) is 2. The van der Waals surface area contributed by atoms with Crippen LogP contribution in [0, 0.1) is 12.8 Å². The van der Waals surface area contributed by atoms with E-state index in [0.717, 1.165) is 24.0 Å². The van der Waals surface area contributed by atoms with E-state index < -0.39 is 5.97 Å². The number of carbonyl (C=O) groups is 1. The van der Waals surface area contributed by atoms with Gasteiger partial charge >= 0.3 is 5.97 Å². The van der Waals surface area contributed by atoms with Gasteiger partial charge in [0.15, 0.2) is 0 Å². The van der Waals surface area contributed by atoms with E-state index in [1.165, 1.54) is 16.7 Å². The Morgan fingerprint density at radius 2 is 1.74 bits per heavy atom. The van der Waals surface area contributed by atoms with Gasteiger partial charge in [-0.3, -0.25) is 14.7 Å². The van der Waals surface area contributed by atoms with E-state index >= 15 is 0 Å². The maximum atomic E-state index is 11.4. The number of likely N-dealkylation sites (tertiary alicyclic amines) is 1. The number of hydrogen-bond donors (Lipinski definition) is 1. The fourth-order valence-corrected chi connectivity index (χ4v) is 4.22. The number of piperidine rings is 1. The summed E-state index contributed by atoms with van der Waals surface area (Å²) in [5, 5.41) is 10.5. The van der Waals surface area contributed by atoms with E-state index in [1.54, 1.807) is 0 Å². The van der Waals surface area contributed by atoms with Crippen LogP contribution in [0.4, 0.5) is 0 Å². The molecule has 1 atom stereocenters. The molecule has 138 valence electrons. The van der Waals surface area contributed by atoms with Crippen molar-refractivity contribution in [2.24, 2.45) is 5.92 Å². The Hall–Kier alpha value is -2.72. The predicted molar refractivity (Wildman–Crippen MR) is 107 cm³/mol. The van der Waals surface area contributed by atoms with Crippen LogP contribution in [0.15, 0.2) is 60.8 Å². The summed E-state index contributed by atoms with van der Waals surface area (Å²) < 4.78 is 0. The fraction of sp³-hybridized carbons (Fsp3) is 0.304. The number of aryl methyl sites for hydroxylation is 1. The SMILES string of the molecule is Cc1ccccc1C(c1ccnc2ccccc12)N1CCC(C(=O)O)CC1. The van der Waals surface area contributed by atoms with Crippen molar-refractivity contribution in [2.75, 3.05) is 13.1 Å². The molecule has 4 rings (SSSR count). The molecule has 1 fully saturated rings. The third-order valence-electron chi connectivity index (χ3n) is 5.70. The van der Waals surface area contributed by atoms with E-state index in [-0.39, 0.29) is 12.0 Å². The highest BCUT2D eigenvalue weighted by molar-refractivity contribution is 5.83. The molecule has 1 unspecified atom stereocenters. The third-order valence-corrected chi connectivity index (χ3v) is 5.70. The number of rotatable bonds is 4. The highest BCUT2D eigenvalue weighted by atomic mass is 16.4. The molecule has 2 aromatic carbocycles. The van der Waals surface area contributed by atoms with Crippen molar-refractivity contribution in [3.05, 3.63) is 77.5 Å². The van der Waals surface area contributed by atoms with E-state index in [2.05, 4.69) is 59.3 Å². The van der Waals surface area contributed by atoms with E-state index in [9.17, 15) is 9.90 Å². The van der Waals surface area contributed by atoms with Gasteiger partial charge in [-0.2, -0.15) is 0 Å². The first-order chi connectivity index (χ1) is 13.1. The number of para-hydroxylation sites is 1. The molecule has 0 radical (unpaired) electrons. The quantitative estimate of drug-likeness (QED) is 0.748. The van der Waals surface area contributed by atoms with Crippen molar-refractivity contribution in [3.63, 3.8) is 0 Å². The van der Waals surface area contributed by atoms with Gasteiger partial charge < -0.3 is 5.11 Å². The lowest BCUT2D eigenvalue weighted by molar-refractivity contribution is -0.143. The van der Waals surface area contributed by atoms with Gasteiger partial charge in [0.25, 0.3) is 0 Å². The summed E-state index contributed by atoms with van der Waals surface area (Å²) >= 11 is 0.